The highest BCUT2D eigenvalue weighted by atomic mass is 16.5. The van der Waals surface area contributed by atoms with Crippen LogP contribution in [0.25, 0.3) is 0 Å². The van der Waals surface area contributed by atoms with Crippen LogP contribution in [0.15, 0.2) is 60.9 Å². The minimum Gasteiger partial charge on any atom is -0.489 e. The first-order valence-corrected chi connectivity index (χ1v) is 14.4. The Balaban J connectivity index is 1.07. The van der Waals surface area contributed by atoms with Gasteiger partial charge in [-0.3, -0.25) is 19.9 Å². The van der Waals surface area contributed by atoms with Crippen molar-refractivity contribution in [3.8, 4) is 5.75 Å². The highest BCUT2D eigenvalue weighted by molar-refractivity contribution is 5.94. The van der Waals surface area contributed by atoms with E-state index in [2.05, 4.69) is 62.7 Å². The van der Waals surface area contributed by atoms with Gasteiger partial charge in [0.2, 0.25) is 0 Å². The molecule has 0 unspecified atom stereocenters. The van der Waals surface area contributed by atoms with Crippen LogP contribution < -0.4 is 10.1 Å². The van der Waals surface area contributed by atoms with Crippen molar-refractivity contribution in [3.63, 3.8) is 0 Å². The van der Waals surface area contributed by atoms with Crippen LogP contribution in [0.2, 0.25) is 0 Å². The molecule has 4 aromatic rings. The summed E-state index contributed by atoms with van der Waals surface area (Å²) in [5.74, 6) is 2.47. The Morgan fingerprint density at radius 2 is 2.00 bits per heavy atom. The molecule has 0 radical (unpaired) electrons. The quantitative estimate of drug-likeness (QED) is 0.337. The zero-order valence-corrected chi connectivity index (χ0v) is 23.1. The fourth-order valence-electron chi connectivity index (χ4n) is 7.61. The van der Waals surface area contributed by atoms with Gasteiger partial charge >= 0.3 is 0 Å². The van der Waals surface area contributed by atoms with Gasteiger partial charge in [-0.1, -0.05) is 43.3 Å². The molecule has 2 heterocycles. The molecule has 0 saturated heterocycles. The molecule has 0 aliphatic heterocycles. The van der Waals surface area contributed by atoms with E-state index >= 15 is 0 Å². The Morgan fingerprint density at radius 3 is 2.83 bits per heavy atom. The molecule has 1 fully saturated rings. The number of aromatic amines is 1. The number of carbonyl (C=O) groups excluding carboxylic acids is 1. The van der Waals surface area contributed by atoms with E-state index in [4.69, 9.17) is 4.74 Å². The number of carbonyl (C=O) groups is 1. The molecule has 0 bridgehead atoms. The van der Waals surface area contributed by atoms with Gasteiger partial charge in [-0.2, -0.15) is 5.10 Å². The lowest BCUT2D eigenvalue weighted by atomic mass is 9.55. The number of rotatable bonds is 6. The van der Waals surface area contributed by atoms with Gasteiger partial charge in [-0.15, -0.1) is 0 Å². The number of ether oxygens (including phenoxy) is 1. The summed E-state index contributed by atoms with van der Waals surface area (Å²) in [4.78, 5) is 21.8. The predicted molar refractivity (Wildman–Crippen MR) is 152 cm³/mol. The molecule has 2 aromatic heterocycles. The second kappa shape index (κ2) is 9.88. The van der Waals surface area contributed by atoms with E-state index in [-0.39, 0.29) is 11.3 Å². The first kappa shape index (κ1) is 25.0. The molecule has 7 nitrogen and oxygen atoms in total. The lowest BCUT2D eigenvalue weighted by Crippen LogP contribution is -2.43. The third-order valence-electron chi connectivity index (χ3n) is 9.68. The number of H-pyrrole nitrogens is 1. The van der Waals surface area contributed by atoms with Gasteiger partial charge in [0.1, 0.15) is 12.4 Å². The van der Waals surface area contributed by atoms with E-state index in [1.807, 2.05) is 25.1 Å². The number of benzene rings is 2. The van der Waals surface area contributed by atoms with Crippen molar-refractivity contribution in [1.29, 1.82) is 0 Å². The summed E-state index contributed by atoms with van der Waals surface area (Å²) >= 11 is 0. The fourth-order valence-corrected chi connectivity index (χ4v) is 7.61. The maximum absolute atomic E-state index is 13.2. The molecule has 2 N–H and O–H groups in total. The molecule has 7 heteroatoms. The lowest BCUT2D eigenvalue weighted by molar-refractivity contribution is 0.0937. The van der Waals surface area contributed by atoms with Crippen molar-refractivity contribution in [2.75, 3.05) is 0 Å². The van der Waals surface area contributed by atoms with Crippen LogP contribution in [0.3, 0.4) is 0 Å². The van der Waals surface area contributed by atoms with Crippen molar-refractivity contribution in [1.82, 2.24) is 25.5 Å². The molecular weight excluding hydrogens is 498 g/mol. The molecule has 7 rings (SSSR count). The second-order valence-corrected chi connectivity index (χ2v) is 12.0. The van der Waals surface area contributed by atoms with Gasteiger partial charge in [-0.25, -0.2) is 0 Å². The van der Waals surface area contributed by atoms with Gasteiger partial charge in [-0.05, 0) is 85.6 Å². The van der Waals surface area contributed by atoms with Crippen LogP contribution in [-0.4, -0.2) is 26.1 Å². The molecule has 40 heavy (non-hydrogen) atoms. The smallest absolute Gasteiger partial charge is 0.272 e. The fraction of sp³-hybridized carbons (Fsp3) is 0.394. The molecule has 0 spiro atoms. The number of hydrogen-bond acceptors (Lipinski definition) is 5. The largest absolute Gasteiger partial charge is 0.489 e. The molecule has 1 amide bonds. The van der Waals surface area contributed by atoms with Gasteiger partial charge in [0.05, 0.1) is 24.1 Å². The zero-order chi connectivity index (χ0) is 27.3. The van der Waals surface area contributed by atoms with Crippen molar-refractivity contribution >= 4 is 5.91 Å². The van der Waals surface area contributed by atoms with Crippen LogP contribution >= 0.6 is 0 Å². The van der Waals surface area contributed by atoms with Crippen LogP contribution in [0.1, 0.15) is 81.9 Å². The summed E-state index contributed by atoms with van der Waals surface area (Å²) in [6, 6.07) is 17.1. The third kappa shape index (κ3) is 4.28. The summed E-state index contributed by atoms with van der Waals surface area (Å²) < 4.78 is 6.14. The summed E-state index contributed by atoms with van der Waals surface area (Å²) in [5.41, 5.74) is 8.56. The molecular formula is C33H35N5O2. The Kier molecular flexibility index (Phi) is 6.17. The van der Waals surface area contributed by atoms with E-state index in [1.165, 1.54) is 28.8 Å². The van der Waals surface area contributed by atoms with Crippen molar-refractivity contribution < 1.29 is 9.53 Å². The summed E-state index contributed by atoms with van der Waals surface area (Å²) in [6.07, 6.45) is 8.83. The normalized spacial score (nSPS) is 24.4. The molecule has 3 aliphatic carbocycles. The average Bonchev–Trinajstić information content (AvgIpc) is 3.54. The van der Waals surface area contributed by atoms with Crippen LogP contribution in [-0.2, 0) is 31.4 Å². The topological polar surface area (TPSA) is 92.8 Å². The molecule has 1 saturated carbocycles. The summed E-state index contributed by atoms with van der Waals surface area (Å²) in [6.45, 7) is 5.22. The number of nitrogens with zero attached hydrogens (tertiary/aromatic N) is 3. The van der Waals surface area contributed by atoms with Crippen molar-refractivity contribution in [2.45, 2.75) is 70.4 Å². The Labute approximate surface area is 234 Å². The van der Waals surface area contributed by atoms with Gasteiger partial charge in [0.25, 0.3) is 5.91 Å². The molecule has 2 aromatic carbocycles. The maximum Gasteiger partial charge on any atom is 0.272 e. The maximum atomic E-state index is 13.2. The van der Waals surface area contributed by atoms with E-state index < -0.39 is 0 Å². The monoisotopic (exact) mass is 533 g/mol. The molecule has 204 valence electrons. The number of amides is 1. The van der Waals surface area contributed by atoms with Crippen LogP contribution in [0, 0.1) is 18.8 Å². The van der Waals surface area contributed by atoms with E-state index in [1.54, 1.807) is 12.4 Å². The zero-order valence-electron chi connectivity index (χ0n) is 23.1. The third-order valence-corrected chi connectivity index (χ3v) is 9.68. The van der Waals surface area contributed by atoms with Crippen molar-refractivity contribution in [2.24, 2.45) is 11.8 Å². The van der Waals surface area contributed by atoms with Crippen molar-refractivity contribution in [3.05, 3.63) is 106 Å². The SMILES string of the molecule is Cc1cnc(CNC(=O)c2n[nH]c3c2C[C@H]2[C@@H]4CCc5cc(OCc6ccccc6)ccc5[C@H]4CC[C@]32C)cn1. The van der Waals surface area contributed by atoms with Crippen LogP contribution in [0.4, 0.5) is 0 Å². The number of aromatic nitrogens is 4. The number of fused-ring (bicyclic) bond motifs is 7. The minimum atomic E-state index is -0.143. The van der Waals surface area contributed by atoms with Gasteiger partial charge < -0.3 is 10.1 Å². The Hall–Kier alpha value is -4.00. The van der Waals surface area contributed by atoms with Gasteiger partial charge in [0, 0.05) is 22.9 Å². The average molecular weight is 534 g/mol. The van der Waals surface area contributed by atoms with E-state index in [0.29, 0.717) is 36.6 Å². The highest BCUT2D eigenvalue weighted by Gasteiger charge is 2.54. The Morgan fingerprint density at radius 1 is 1.12 bits per heavy atom. The summed E-state index contributed by atoms with van der Waals surface area (Å²) in [7, 11) is 0. The standard InChI is InChI=1S/C33H35N5O2/c1-20-16-35-23(17-34-20)18-36-32(39)30-28-15-29-27-10-8-22-14-24(40-19-21-6-4-3-5-7-21)9-11-25(22)26(27)12-13-33(29,2)31(28)38-37-30/h3-7,9,11,14,16-17,26-27,29H,8,10,12-13,15,18-19H2,1-2H3,(H,36,39)(H,37,38)/t26-,27-,29+,33+/m1/s1. The number of aryl methyl sites for hydroxylation is 2. The Bertz CT molecular complexity index is 1550. The second-order valence-electron chi connectivity index (χ2n) is 12.0. The lowest BCUT2D eigenvalue weighted by Gasteiger charge is -2.49. The van der Waals surface area contributed by atoms with E-state index in [9.17, 15) is 4.79 Å². The number of nitrogens with one attached hydrogen (secondary N) is 2. The molecule has 4 atom stereocenters. The first-order valence-electron chi connectivity index (χ1n) is 14.4. The van der Waals surface area contributed by atoms with Crippen LogP contribution in [0.5, 0.6) is 5.75 Å². The first-order chi connectivity index (χ1) is 19.5. The number of hydrogen-bond donors (Lipinski definition) is 2. The summed E-state index contributed by atoms with van der Waals surface area (Å²) in [5, 5.41) is 10.8. The molecule has 3 aliphatic rings. The predicted octanol–water partition coefficient (Wildman–Crippen LogP) is 5.59. The van der Waals surface area contributed by atoms with E-state index in [0.717, 1.165) is 48.4 Å². The minimum absolute atomic E-state index is 0.0285. The van der Waals surface area contributed by atoms with Gasteiger partial charge in [0.15, 0.2) is 5.69 Å². The highest BCUT2D eigenvalue weighted by Crippen LogP contribution is 2.60.